The molecule has 1 saturated heterocycles. The summed E-state index contributed by atoms with van der Waals surface area (Å²) in [5.41, 5.74) is 1.30. The molecule has 0 radical (unpaired) electrons. The fraction of sp³-hybridized carbons (Fsp3) is 0.778. The monoisotopic (exact) mass is 423 g/mol. The number of pyridine rings is 1. The van der Waals surface area contributed by atoms with Gasteiger partial charge in [0.2, 0.25) is 5.91 Å². The number of nitrogens with one attached hydrogen (secondary N) is 1. The molecule has 0 unspecified atom stereocenters. The van der Waals surface area contributed by atoms with Crippen LogP contribution in [0.25, 0.3) is 0 Å². The minimum atomic E-state index is 0.285. The van der Waals surface area contributed by atoms with E-state index in [-0.39, 0.29) is 5.92 Å². The van der Waals surface area contributed by atoms with Gasteiger partial charge in [0.15, 0.2) is 0 Å². The Bertz CT molecular complexity index is 692. The van der Waals surface area contributed by atoms with Gasteiger partial charge < -0.3 is 5.32 Å². The van der Waals surface area contributed by atoms with Crippen LogP contribution in [-0.4, -0.2) is 34.9 Å². The molecule has 3 aliphatic carbocycles. The molecular weight excluding hydrogens is 382 g/mol. The van der Waals surface area contributed by atoms with Crippen LogP contribution in [0.3, 0.4) is 0 Å². The smallest absolute Gasteiger partial charge is 0.223 e. The molecule has 1 N–H and O–H groups in total. The summed E-state index contributed by atoms with van der Waals surface area (Å²) in [6.45, 7) is 3.30. The van der Waals surface area contributed by atoms with E-state index in [1.165, 1.54) is 89.2 Å². The zero-order valence-corrected chi connectivity index (χ0v) is 19.2. The van der Waals surface area contributed by atoms with E-state index in [0.717, 1.165) is 19.0 Å². The molecule has 170 valence electrons. The Morgan fingerprint density at radius 2 is 1.68 bits per heavy atom. The average Bonchev–Trinajstić information content (AvgIpc) is 3.37. The van der Waals surface area contributed by atoms with E-state index in [9.17, 15) is 4.79 Å². The van der Waals surface area contributed by atoms with E-state index < -0.39 is 0 Å². The van der Waals surface area contributed by atoms with E-state index in [0.29, 0.717) is 29.7 Å². The lowest BCUT2D eigenvalue weighted by molar-refractivity contribution is -0.131. The number of carbonyl (C=O) groups excluding carboxylic acids is 1. The lowest BCUT2D eigenvalue weighted by Crippen LogP contribution is -2.47. The van der Waals surface area contributed by atoms with E-state index in [4.69, 9.17) is 0 Å². The third-order valence-electron chi connectivity index (χ3n) is 9.01. The van der Waals surface area contributed by atoms with Gasteiger partial charge in [-0.1, -0.05) is 44.6 Å². The highest BCUT2D eigenvalue weighted by atomic mass is 16.2. The minimum absolute atomic E-state index is 0.285. The zero-order valence-electron chi connectivity index (χ0n) is 19.2. The van der Waals surface area contributed by atoms with E-state index >= 15 is 0 Å². The Balaban J connectivity index is 1.22. The molecule has 0 bridgehead atoms. The molecule has 1 aromatic rings. The van der Waals surface area contributed by atoms with Crippen LogP contribution in [0.15, 0.2) is 24.5 Å². The molecule has 4 heteroatoms. The Morgan fingerprint density at radius 1 is 0.968 bits per heavy atom. The third kappa shape index (κ3) is 4.99. The first kappa shape index (κ1) is 21.4. The predicted molar refractivity (Wildman–Crippen MR) is 124 cm³/mol. The highest BCUT2D eigenvalue weighted by molar-refractivity contribution is 5.79. The molecule has 3 saturated carbocycles. The summed E-state index contributed by atoms with van der Waals surface area (Å²) in [4.78, 5) is 20.6. The van der Waals surface area contributed by atoms with Crippen LogP contribution in [0.5, 0.6) is 0 Å². The number of fused-ring (bicyclic) bond motifs is 1. The normalized spacial score (nSPS) is 30.5. The van der Waals surface area contributed by atoms with Crippen LogP contribution in [0.2, 0.25) is 0 Å². The molecule has 1 amide bonds. The Hall–Kier alpha value is -1.42. The van der Waals surface area contributed by atoms with Crippen molar-refractivity contribution in [3.63, 3.8) is 0 Å². The van der Waals surface area contributed by atoms with Gasteiger partial charge in [-0.25, -0.2) is 0 Å². The SMILES string of the molecule is O=C(N[C@H]1CC[C@H]2CN(Cc3cccnc3)C[C@H]21)C(C1CCCCC1)C1CCCCC1. The van der Waals surface area contributed by atoms with Crippen molar-refractivity contribution < 1.29 is 4.79 Å². The number of hydrogen-bond donors (Lipinski definition) is 1. The molecule has 1 aromatic heterocycles. The number of amides is 1. The summed E-state index contributed by atoms with van der Waals surface area (Å²) in [6, 6.07) is 4.61. The fourth-order valence-electron chi connectivity index (χ4n) is 7.49. The summed E-state index contributed by atoms with van der Waals surface area (Å²) >= 11 is 0. The topological polar surface area (TPSA) is 45.2 Å². The van der Waals surface area contributed by atoms with Crippen molar-refractivity contribution in [2.75, 3.05) is 13.1 Å². The number of rotatable bonds is 6. The summed E-state index contributed by atoms with van der Waals surface area (Å²) in [5, 5.41) is 3.65. The van der Waals surface area contributed by atoms with Crippen molar-refractivity contribution in [2.24, 2.45) is 29.6 Å². The van der Waals surface area contributed by atoms with Gasteiger partial charge in [-0.05, 0) is 73.8 Å². The Kier molecular flexibility index (Phi) is 6.93. The van der Waals surface area contributed by atoms with Crippen molar-refractivity contribution in [1.82, 2.24) is 15.2 Å². The molecule has 3 atom stereocenters. The molecule has 4 aliphatic rings. The average molecular weight is 424 g/mol. The van der Waals surface area contributed by atoms with Crippen LogP contribution in [0.4, 0.5) is 0 Å². The predicted octanol–water partition coefficient (Wildman–Crippen LogP) is 5.19. The van der Waals surface area contributed by atoms with E-state index in [1.807, 2.05) is 18.5 Å². The number of aromatic nitrogens is 1. The highest BCUT2D eigenvalue weighted by Gasteiger charge is 2.45. The van der Waals surface area contributed by atoms with Crippen LogP contribution in [0, 0.1) is 29.6 Å². The van der Waals surface area contributed by atoms with Crippen LogP contribution in [0.1, 0.15) is 82.6 Å². The molecule has 4 nitrogen and oxygen atoms in total. The second-order valence-corrected chi connectivity index (χ2v) is 11.0. The van der Waals surface area contributed by atoms with E-state index in [1.54, 1.807) is 0 Å². The first-order chi connectivity index (χ1) is 15.3. The van der Waals surface area contributed by atoms with Crippen LogP contribution < -0.4 is 5.32 Å². The minimum Gasteiger partial charge on any atom is -0.353 e. The van der Waals surface area contributed by atoms with E-state index in [2.05, 4.69) is 21.3 Å². The van der Waals surface area contributed by atoms with Crippen molar-refractivity contribution in [3.8, 4) is 0 Å². The maximum Gasteiger partial charge on any atom is 0.223 e. The second-order valence-electron chi connectivity index (χ2n) is 11.0. The molecule has 2 heterocycles. The third-order valence-corrected chi connectivity index (χ3v) is 9.01. The van der Waals surface area contributed by atoms with Crippen LogP contribution >= 0.6 is 0 Å². The molecular formula is C27H41N3O. The van der Waals surface area contributed by atoms with Crippen molar-refractivity contribution in [1.29, 1.82) is 0 Å². The lowest BCUT2D eigenvalue weighted by Gasteiger charge is -2.37. The first-order valence-electron chi connectivity index (χ1n) is 13.2. The standard InChI is InChI=1S/C27H41N3O/c31-27(26(21-9-3-1-4-10-21)22-11-5-2-6-12-22)29-25-14-13-23-18-30(19-24(23)25)17-20-8-7-15-28-16-20/h7-8,15-16,21-26H,1-6,9-14,17-19H2,(H,29,31)/t23-,24+,25-/m0/s1. The van der Waals surface area contributed by atoms with Gasteiger partial charge >= 0.3 is 0 Å². The number of likely N-dealkylation sites (tertiary alicyclic amines) is 1. The summed E-state index contributed by atoms with van der Waals surface area (Å²) in [7, 11) is 0. The molecule has 0 aromatic carbocycles. The summed E-state index contributed by atoms with van der Waals surface area (Å²) in [6.07, 6.45) is 19.5. The van der Waals surface area contributed by atoms with Gasteiger partial charge in [0, 0.05) is 44.0 Å². The van der Waals surface area contributed by atoms with Gasteiger partial charge in [-0.2, -0.15) is 0 Å². The van der Waals surface area contributed by atoms with Crippen molar-refractivity contribution in [2.45, 2.75) is 89.6 Å². The maximum absolute atomic E-state index is 13.7. The molecule has 5 rings (SSSR count). The van der Waals surface area contributed by atoms with Crippen molar-refractivity contribution >= 4 is 5.91 Å². The van der Waals surface area contributed by atoms with Gasteiger partial charge in [0.25, 0.3) is 0 Å². The zero-order chi connectivity index (χ0) is 21.0. The molecule has 4 fully saturated rings. The van der Waals surface area contributed by atoms with Crippen molar-refractivity contribution in [3.05, 3.63) is 30.1 Å². The second kappa shape index (κ2) is 10.0. The summed E-state index contributed by atoms with van der Waals surface area (Å²) < 4.78 is 0. The Labute approximate surface area is 188 Å². The fourth-order valence-corrected chi connectivity index (χ4v) is 7.49. The number of hydrogen-bond acceptors (Lipinski definition) is 3. The quantitative estimate of drug-likeness (QED) is 0.685. The molecule has 1 aliphatic heterocycles. The molecule has 31 heavy (non-hydrogen) atoms. The van der Waals surface area contributed by atoms with Gasteiger partial charge in [-0.15, -0.1) is 0 Å². The van der Waals surface area contributed by atoms with Crippen LogP contribution in [-0.2, 0) is 11.3 Å². The Morgan fingerprint density at radius 3 is 2.32 bits per heavy atom. The highest BCUT2D eigenvalue weighted by Crippen LogP contribution is 2.42. The maximum atomic E-state index is 13.7. The summed E-state index contributed by atoms with van der Waals surface area (Å²) in [5.74, 6) is 3.38. The largest absolute Gasteiger partial charge is 0.353 e. The van der Waals surface area contributed by atoms with Gasteiger partial charge in [0.1, 0.15) is 0 Å². The first-order valence-corrected chi connectivity index (χ1v) is 13.2. The van der Waals surface area contributed by atoms with Gasteiger partial charge in [-0.3, -0.25) is 14.7 Å². The number of carbonyl (C=O) groups is 1. The molecule has 0 spiro atoms. The van der Waals surface area contributed by atoms with Gasteiger partial charge in [0.05, 0.1) is 0 Å². The lowest BCUT2D eigenvalue weighted by atomic mass is 9.69. The number of nitrogens with zero attached hydrogens (tertiary/aromatic N) is 2.